The third kappa shape index (κ3) is 2.31. The van der Waals surface area contributed by atoms with Crippen molar-refractivity contribution in [2.45, 2.75) is 46.1 Å². The minimum Gasteiger partial charge on any atom is -0.297 e. The summed E-state index contributed by atoms with van der Waals surface area (Å²) < 4.78 is 0. The molecule has 0 aliphatic heterocycles. The van der Waals surface area contributed by atoms with Crippen molar-refractivity contribution in [2.24, 2.45) is 5.92 Å². The highest BCUT2D eigenvalue weighted by atomic mass is 16.1. The number of carbonyl (C=O) groups is 1. The van der Waals surface area contributed by atoms with Gasteiger partial charge in [-0.1, -0.05) is 27.7 Å². The first kappa shape index (κ1) is 12.6. The Labute approximate surface area is 82.3 Å². The normalized spacial score (nSPS) is 12.6. The summed E-state index contributed by atoms with van der Waals surface area (Å²) >= 11 is 0. The van der Waals surface area contributed by atoms with E-state index in [1.165, 1.54) is 0 Å². The molecule has 0 radical (unpaired) electrons. The summed E-state index contributed by atoms with van der Waals surface area (Å²) in [7, 11) is 3.99. The third-order valence-corrected chi connectivity index (χ3v) is 3.01. The molecule has 0 N–H and O–H groups in total. The van der Waals surface area contributed by atoms with Crippen LogP contribution < -0.4 is 0 Å². The zero-order valence-corrected chi connectivity index (χ0v) is 9.85. The third-order valence-electron chi connectivity index (χ3n) is 3.01. The number of hydrogen-bond donors (Lipinski definition) is 0. The average Bonchev–Trinajstić information content (AvgIpc) is 2.06. The summed E-state index contributed by atoms with van der Waals surface area (Å²) in [6.45, 7) is 8.13. The van der Waals surface area contributed by atoms with Gasteiger partial charge >= 0.3 is 0 Å². The molecule has 0 amide bonds. The number of carbonyl (C=O) groups excluding carboxylic acids is 1. The smallest absolute Gasteiger partial charge is 0.155 e. The first-order valence-electron chi connectivity index (χ1n) is 5.14. The van der Waals surface area contributed by atoms with Gasteiger partial charge in [0.05, 0.1) is 5.54 Å². The first-order chi connectivity index (χ1) is 5.92. The fraction of sp³-hybridized carbons (Fsp3) is 0.909. The molecule has 2 heteroatoms. The van der Waals surface area contributed by atoms with Crippen LogP contribution >= 0.6 is 0 Å². The highest BCUT2D eigenvalue weighted by Gasteiger charge is 2.37. The fourth-order valence-corrected chi connectivity index (χ4v) is 1.99. The maximum atomic E-state index is 12.0. The zero-order chi connectivity index (χ0) is 10.6. The Bertz CT molecular complexity index is 169. The summed E-state index contributed by atoms with van der Waals surface area (Å²) in [5.74, 6) is 0.491. The minimum absolute atomic E-state index is 0.127. The predicted octanol–water partition coefficient (Wildman–Crippen LogP) is 2.33. The quantitative estimate of drug-likeness (QED) is 0.655. The lowest BCUT2D eigenvalue weighted by molar-refractivity contribution is -0.133. The van der Waals surface area contributed by atoms with Crippen molar-refractivity contribution in [3.8, 4) is 0 Å². The molecule has 0 heterocycles. The lowest BCUT2D eigenvalue weighted by Gasteiger charge is -2.38. The number of ketones is 1. The number of Topliss-reactive ketones (excluding diaryl/α,β-unsaturated/α-hetero) is 1. The molecule has 0 aromatic rings. The van der Waals surface area contributed by atoms with Crippen molar-refractivity contribution in [3.63, 3.8) is 0 Å². The Kier molecular flexibility index (Phi) is 4.62. The van der Waals surface area contributed by atoms with Gasteiger partial charge in [-0.2, -0.15) is 0 Å². The molecular formula is C11H23NO. The van der Waals surface area contributed by atoms with E-state index in [9.17, 15) is 4.79 Å². The van der Waals surface area contributed by atoms with Gasteiger partial charge < -0.3 is 0 Å². The van der Waals surface area contributed by atoms with E-state index in [1.54, 1.807) is 0 Å². The van der Waals surface area contributed by atoms with Crippen LogP contribution in [0.25, 0.3) is 0 Å². The van der Waals surface area contributed by atoms with Crippen LogP contribution in [0.2, 0.25) is 0 Å². The molecule has 2 nitrogen and oxygen atoms in total. The molecule has 78 valence electrons. The van der Waals surface area contributed by atoms with Crippen molar-refractivity contribution in [1.29, 1.82) is 0 Å². The number of likely N-dealkylation sites (N-methyl/N-ethyl adjacent to an activating group) is 1. The van der Waals surface area contributed by atoms with E-state index in [0.29, 0.717) is 5.78 Å². The molecule has 0 aromatic heterocycles. The van der Waals surface area contributed by atoms with E-state index in [1.807, 2.05) is 27.9 Å². The lowest BCUT2D eigenvalue weighted by Crippen LogP contribution is -2.51. The molecular weight excluding hydrogens is 162 g/mol. The van der Waals surface area contributed by atoms with Gasteiger partial charge in [-0.3, -0.25) is 9.69 Å². The second-order valence-electron chi connectivity index (χ2n) is 4.15. The molecule has 0 atom stereocenters. The van der Waals surface area contributed by atoms with Crippen molar-refractivity contribution >= 4 is 5.78 Å². The van der Waals surface area contributed by atoms with Crippen molar-refractivity contribution in [1.82, 2.24) is 4.90 Å². The minimum atomic E-state index is -0.242. The molecule has 0 rings (SSSR count). The second-order valence-corrected chi connectivity index (χ2v) is 4.15. The van der Waals surface area contributed by atoms with E-state index in [-0.39, 0.29) is 11.5 Å². The van der Waals surface area contributed by atoms with Crippen LogP contribution in [0.1, 0.15) is 40.5 Å². The molecule has 0 unspecified atom stereocenters. The molecule has 0 fully saturated rings. The maximum absolute atomic E-state index is 12.0. The van der Waals surface area contributed by atoms with Crippen LogP contribution in [-0.4, -0.2) is 30.3 Å². The largest absolute Gasteiger partial charge is 0.297 e. The summed E-state index contributed by atoms with van der Waals surface area (Å²) in [5, 5.41) is 0. The molecule has 0 spiro atoms. The second kappa shape index (κ2) is 4.75. The zero-order valence-electron chi connectivity index (χ0n) is 9.85. The SMILES string of the molecule is CCC(CC)(C(=O)C(C)C)N(C)C. The highest BCUT2D eigenvalue weighted by molar-refractivity contribution is 5.89. The standard InChI is InChI=1S/C11H23NO/c1-7-11(8-2,12(5)6)10(13)9(3)4/h9H,7-8H2,1-6H3. The van der Waals surface area contributed by atoms with E-state index >= 15 is 0 Å². The summed E-state index contributed by atoms with van der Waals surface area (Å²) in [6.07, 6.45) is 1.79. The molecule has 13 heavy (non-hydrogen) atoms. The fourth-order valence-electron chi connectivity index (χ4n) is 1.99. The van der Waals surface area contributed by atoms with E-state index in [0.717, 1.165) is 12.8 Å². The highest BCUT2D eigenvalue weighted by Crippen LogP contribution is 2.25. The maximum Gasteiger partial charge on any atom is 0.155 e. The van der Waals surface area contributed by atoms with Crippen LogP contribution in [0.3, 0.4) is 0 Å². The Morgan fingerprint density at radius 3 is 1.69 bits per heavy atom. The Hall–Kier alpha value is -0.370. The van der Waals surface area contributed by atoms with Crippen LogP contribution in [0.4, 0.5) is 0 Å². The molecule has 0 aliphatic carbocycles. The van der Waals surface area contributed by atoms with Crippen molar-refractivity contribution in [2.75, 3.05) is 14.1 Å². The van der Waals surface area contributed by atoms with Crippen LogP contribution in [-0.2, 0) is 4.79 Å². The van der Waals surface area contributed by atoms with Gasteiger partial charge in [0, 0.05) is 5.92 Å². The van der Waals surface area contributed by atoms with Crippen LogP contribution in [0.5, 0.6) is 0 Å². The van der Waals surface area contributed by atoms with Crippen molar-refractivity contribution < 1.29 is 4.79 Å². The monoisotopic (exact) mass is 185 g/mol. The van der Waals surface area contributed by atoms with Gasteiger partial charge in [0.1, 0.15) is 0 Å². The van der Waals surface area contributed by atoms with E-state index < -0.39 is 0 Å². The van der Waals surface area contributed by atoms with Gasteiger partial charge in [0.15, 0.2) is 5.78 Å². The van der Waals surface area contributed by atoms with Crippen LogP contribution in [0, 0.1) is 5.92 Å². The van der Waals surface area contributed by atoms with E-state index in [4.69, 9.17) is 0 Å². The molecule has 0 saturated carbocycles. The Morgan fingerprint density at radius 1 is 1.23 bits per heavy atom. The number of nitrogens with zero attached hydrogens (tertiary/aromatic N) is 1. The number of rotatable bonds is 5. The molecule has 0 saturated heterocycles. The van der Waals surface area contributed by atoms with Crippen molar-refractivity contribution in [3.05, 3.63) is 0 Å². The van der Waals surface area contributed by atoms with Gasteiger partial charge in [-0.05, 0) is 26.9 Å². The lowest BCUT2D eigenvalue weighted by atomic mass is 9.81. The Morgan fingerprint density at radius 2 is 1.62 bits per heavy atom. The first-order valence-corrected chi connectivity index (χ1v) is 5.14. The van der Waals surface area contributed by atoms with E-state index in [2.05, 4.69) is 18.7 Å². The molecule has 0 aliphatic rings. The predicted molar refractivity (Wildman–Crippen MR) is 56.8 cm³/mol. The van der Waals surface area contributed by atoms with Crippen LogP contribution in [0.15, 0.2) is 0 Å². The molecule has 0 bridgehead atoms. The number of hydrogen-bond acceptors (Lipinski definition) is 2. The van der Waals surface area contributed by atoms with Gasteiger partial charge in [-0.15, -0.1) is 0 Å². The molecule has 0 aromatic carbocycles. The van der Waals surface area contributed by atoms with Gasteiger partial charge in [0.25, 0.3) is 0 Å². The van der Waals surface area contributed by atoms with Gasteiger partial charge in [-0.25, -0.2) is 0 Å². The topological polar surface area (TPSA) is 20.3 Å². The average molecular weight is 185 g/mol. The Balaban J connectivity index is 4.87. The summed E-state index contributed by atoms with van der Waals surface area (Å²) in [4.78, 5) is 14.1. The van der Waals surface area contributed by atoms with Gasteiger partial charge in [0.2, 0.25) is 0 Å². The summed E-state index contributed by atoms with van der Waals surface area (Å²) in [5.41, 5.74) is -0.242. The summed E-state index contributed by atoms with van der Waals surface area (Å²) in [6, 6.07) is 0.